The van der Waals surface area contributed by atoms with E-state index in [1.165, 1.54) is 4.90 Å². The number of para-hydroxylation sites is 1. The van der Waals surface area contributed by atoms with Crippen molar-refractivity contribution in [2.75, 3.05) is 13.1 Å². The number of rotatable bonds is 1. The van der Waals surface area contributed by atoms with Gasteiger partial charge in [0.05, 0.1) is 6.54 Å². The number of nitrogens with zero attached hydrogens (tertiary/aromatic N) is 1. The Labute approximate surface area is 142 Å². The van der Waals surface area contributed by atoms with Crippen LogP contribution in [0.3, 0.4) is 0 Å². The zero-order valence-corrected chi connectivity index (χ0v) is 14.7. The van der Waals surface area contributed by atoms with Crippen molar-refractivity contribution in [3.63, 3.8) is 0 Å². The van der Waals surface area contributed by atoms with Crippen molar-refractivity contribution >= 4 is 22.8 Å². The first-order valence-electron chi connectivity index (χ1n) is 8.31. The fraction of sp³-hybridized carbons (Fsp3) is 0.474. The number of aromatic amines is 1. The standard InChI is InChI=1S/C19H24N2O3/c1-12-17(15-7-5-6-8-16(15)20-12)13-9-14(22)11-21(10-13)18(23)24-19(2,3)4/h5-8,13,20H,9-11H2,1-4H3/t13-/m1/s1. The van der Waals surface area contributed by atoms with Gasteiger partial charge >= 0.3 is 6.09 Å². The highest BCUT2D eigenvalue weighted by molar-refractivity contribution is 5.89. The van der Waals surface area contributed by atoms with Crippen molar-refractivity contribution in [3.8, 4) is 0 Å². The molecule has 2 aromatic rings. The van der Waals surface area contributed by atoms with Crippen LogP contribution < -0.4 is 0 Å². The molecule has 1 aromatic heterocycles. The number of nitrogens with one attached hydrogen (secondary N) is 1. The van der Waals surface area contributed by atoms with Crippen molar-refractivity contribution in [2.45, 2.75) is 45.6 Å². The van der Waals surface area contributed by atoms with Crippen LogP contribution in [0.5, 0.6) is 0 Å². The van der Waals surface area contributed by atoms with Gasteiger partial charge in [-0.25, -0.2) is 4.79 Å². The molecule has 1 N–H and O–H groups in total. The third-order valence-corrected chi connectivity index (χ3v) is 4.29. The number of hydrogen-bond acceptors (Lipinski definition) is 3. The Morgan fingerprint density at radius 1 is 1.29 bits per heavy atom. The molecule has 1 aliphatic rings. The molecule has 1 atom stereocenters. The minimum atomic E-state index is -0.566. The van der Waals surface area contributed by atoms with E-state index in [1.807, 2.05) is 45.9 Å². The summed E-state index contributed by atoms with van der Waals surface area (Å²) in [6, 6.07) is 8.07. The van der Waals surface area contributed by atoms with Gasteiger partial charge in [-0.1, -0.05) is 18.2 Å². The number of ketones is 1. The Kier molecular flexibility index (Phi) is 4.11. The molecule has 0 radical (unpaired) electrons. The zero-order chi connectivity index (χ0) is 17.5. The number of fused-ring (bicyclic) bond motifs is 1. The molecule has 5 nitrogen and oxygen atoms in total. The first-order chi connectivity index (χ1) is 11.2. The summed E-state index contributed by atoms with van der Waals surface area (Å²) in [4.78, 5) is 29.5. The number of carbonyl (C=O) groups excluding carboxylic acids is 2. The van der Waals surface area contributed by atoms with Crippen molar-refractivity contribution in [1.82, 2.24) is 9.88 Å². The third kappa shape index (κ3) is 3.30. The molecule has 0 aliphatic carbocycles. The molecule has 0 unspecified atom stereocenters. The Balaban J connectivity index is 1.89. The average molecular weight is 328 g/mol. The molecule has 1 fully saturated rings. The highest BCUT2D eigenvalue weighted by atomic mass is 16.6. The normalized spacial score (nSPS) is 18.9. The molecule has 0 spiro atoms. The maximum atomic E-state index is 12.4. The number of likely N-dealkylation sites (tertiary alicyclic amines) is 1. The SMILES string of the molecule is Cc1[nH]c2ccccc2c1[C@@H]1CC(=O)CN(C(=O)OC(C)(C)C)C1. The predicted molar refractivity (Wildman–Crippen MR) is 93.2 cm³/mol. The smallest absolute Gasteiger partial charge is 0.410 e. The first-order valence-corrected chi connectivity index (χ1v) is 8.31. The molecule has 1 aromatic carbocycles. The lowest BCUT2D eigenvalue weighted by Gasteiger charge is -2.33. The number of aromatic nitrogens is 1. The number of ether oxygens (including phenoxy) is 1. The minimum Gasteiger partial charge on any atom is -0.444 e. The second-order valence-electron chi connectivity index (χ2n) is 7.51. The summed E-state index contributed by atoms with van der Waals surface area (Å²) in [6.07, 6.45) is 0.0418. The summed E-state index contributed by atoms with van der Waals surface area (Å²) >= 11 is 0. The number of carbonyl (C=O) groups is 2. The van der Waals surface area contributed by atoms with Gasteiger partial charge in [0.25, 0.3) is 0 Å². The van der Waals surface area contributed by atoms with Crippen LogP contribution in [-0.2, 0) is 9.53 Å². The molecular formula is C19H24N2O3. The average Bonchev–Trinajstić information content (AvgIpc) is 2.80. The largest absolute Gasteiger partial charge is 0.444 e. The highest BCUT2D eigenvalue weighted by Gasteiger charge is 2.33. The summed E-state index contributed by atoms with van der Waals surface area (Å²) < 4.78 is 5.44. The van der Waals surface area contributed by atoms with Gasteiger partial charge in [0.1, 0.15) is 5.60 Å². The topological polar surface area (TPSA) is 62.4 Å². The molecule has 1 saturated heterocycles. The monoisotopic (exact) mass is 328 g/mol. The van der Waals surface area contributed by atoms with Crippen molar-refractivity contribution in [1.29, 1.82) is 0 Å². The molecule has 5 heteroatoms. The van der Waals surface area contributed by atoms with Crippen LogP contribution >= 0.6 is 0 Å². The molecule has 3 rings (SSSR count). The predicted octanol–water partition coefficient (Wildman–Crippen LogP) is 3.77. The van der Waals surface area contributed by atoms with E-state index in [-0.39, 0.29) is 18.2 Å². The van der Waals surface area contributed by atoms with Gasteiger partial charge in [-0.05, 0) is 39.3 Å². The summed E-state index contributed by atoms with van der Waals surface area (Å²) in [5.41, 5.74) is 2.68. The fourth-order valence-electron chi connectivity index (χ4n) is 3.43. The molecule has 0 bridgehead atoms. The molecule has 0 saturated carbocycles. The zero-order valence-electron chi connectivity index (χ0n) is 14.7. The number of H-pyrrole nitrogens is 1. The van der Waals surface area contributed by atoms with Crippen LogP contribution in [0.25, 0.3) is 10.9 Å². The minimum absolute atomic E-state index is 0.00471. The van der Waals surface area contributed by atoms with E-state index < -0.39 is 11.7 Å². The van der Waals surface area contributed by atoms with E-state index in [9.17, 15) is 9.59 Å². The van der Waals surface area contributed by atoms with Gasteiger partial charge in [-0.3, -0.25) is 4.79 Å². The number of Topliss-reactive ketones (excluding diaryl/α,β-unsaturated/α-hetero) is 1. The number of amides is 1. The van der Waals surface area contributed by atoms with Crippen LogP contribution in [0.1, 0.15) is 44.4 Å². The summed E-state index contributed by atoms with van der Waals surface area (Å²) in [5, 5.41) is 1.12. The molecule has 1 aliphatic heterocycles. The fourth-order valence-corrected chi connectivity index (χ4v) is 3.43. The van der Waals surface area contributed by atoms with Crippen LogP contribution in [0.4, 0.5) is 4.79 Å². The number of piperidine rings is 1. The molecule has 2 heterocycles. The molecular weight excluding hydrogens is 304 g/mol. The Bertz CT molecular complexity index is 785. The first kappa shape index (κ1) is 16.6. The van der Waals surface area contributed by atoms with Gasteiger partial charge in [0, 0.05) is 35.5 Å². The lowest BCUT2D eigenvalue weighted by molar-refractivity contribution is -0.122. The van der Waals surface area contributed by atoms with E-state index >= 15 is 0 Å². The lowest BCUT2D eigenvalue weighted by atomic mass is 9.88. The van der Waals surface area contributed by atoms with E-state index in [4.69, 9.17) is 4.74 Å². The van der Waals surface area contributed by atoms with Gasteiger partial charge < -0.3 is 14.6 Å². The van der Waals surface area contributed by atoms with Gasteiger partial charge in [0.15, 0.2) is 5.78 Å². The maximum Gasteiger partial charge on any atom is 0.410 e. The second-order valence-corrected chi connectivity index (χ2v) is 7.51. The van der Waals surface area contributed by atoms with Crippen molar-refractivity contribution in [3.05, 3.63) is 35.5 Å². The van der Waals surface area contributed by atoms with E-state index in [2.05, 4.69) is 11.1 Å². The van der Waals surface area contributed by atoms with E-state index in [0.29, 0.717) is 13.0 Å². The second kappa shape index (κ2) is 5.96. The lowest BCUT2D eigenvalue weighted by Crippen LogP contribution is -2.45. The van der Waals surface area contributed by atoms with E-state index in [1.54, 1.807) is 0 Å². The summed E-state index contributed by atoms with van der Waals surface area (Å²) in [6.45, 7) is 8.15. The Morgan fingerprint density at radius 2 is 2.00 bits per heavy atom. The van der Waals surface area contributed by atoms with Gasteiger partial charge in [0.2, 0.25) is 0 Å². The van der Waals surface area contributed by atoms with Gasteiger partial charge in [-0.15, -0.1) is 0 Å². The van der Waals surface area contributed by atoms with Crippen LogP contribution in [0.15, 0.2) is 24.3 Å². The van der Waals surface area contributed by atoms with Crippen LogP contribution in [0.2, 0.25) is 0 Å². The Morgan fingerprint density at radius 3 is 2.71 bits per heavy atom. The molecule has 1 amide bonds. The molecule has 128 valence electrons. The van der Waals surface area contributed by atoms with Crippen LogP contribution in [-0.4, -0.2) is 40.5 Å². The van der Waals surface area contributed by atoms with Crippen molar-refractivity contribution < 1.29 is 14.3 Å². The number of aryl methyl sites for hydroxylation is 1. The number of benzene rings is 1. The Hall–Kier alpha value is -2.30. The van der Waals surface area contributed by atoms with Crippen LogP contribution in [0, 0.1) is 6.92 Å². The summed E-state index contributed by atoms with van der Waals surface area (Å²) in [7, 11) is 0. The van der Waals surface area contributed by atoms with E-state index in [0.717, 1.165) is 22.2 Å². The molecule has 24 heavy (non-hydrogen) atoms. The maximum absolute atomic E-state index is 12.4. The highest BCUT2D eigenvalue weighted by Crippen LogP contribution is 2.34. The summed E-state index contributed by atoms with van der Waals surface area (Å²) in [5.74, 6) is 0.0664. The third-order valence-electron chi connectivity index (χ3n) is 4.29. The quantitative estimate of drug-likeness (QED) is 0.867. The van der Waals surface area contributed by atoms with Gasteiger partial charge in [-0.2, -0.15) is 0 Å². The number of hydrogen-bond donors (Lipinski definition) is 1. The van der Waals surface area contributed by atoms with Crippen molar-refractivity contribution in [2.24, 2.45) is 0 Å².